The average Bonchev–Trinajstić information content (AvgIpc) is 2.26. The van der Waals surface area contributed by atoms with Gasteiger partial charge in [-0.15, -0.1) is 11.6 Å². The molecule has 0 amide bonds. The van der Waals surface area contributed by atoms with Crippen molar-refractivity contribution in [3.63, 3.8) is 0 Å². The Balaban J connectivity index is 2.74. The predicted octanol–water partition coefficient (Wildman–Crippen LogP) is 0.150. The number of halogens is 1. The van der Waals surface area contributed by atoms with Gasteiger partial charge in [0.2, 0.25) is 0 Å². The topological polar surface area (TPSA) is 94.8 Å². The van der Waals surface area contributed by atoms with Crippen molar-refractivity contribution in [1.82, 2.24) is 0 Å². The van der Waals surface area contributed by atoms with E-state index in [1.54, 1.807) is 0 Å². The Morgan fingerprint density at radius 3 is 2.36 bits per heavy atom. The molecule has 0 aromatic rings. The maximum absolute atomic E-state index is 10.7. The fourth-order valence-corrected chi connectivity index (χ4v) is 2.25. The van der Waals surface area contributed by atoms with Gasteiger partial charge in [-0.1, -0.05) is 0 Å². The number of rotatable bonds is 3. The van der Waals surface area contributed by atoms with Gasteiger partial charge >= 0.3 is 11.9 Å². The zero-order valence-corrected chi connectivity index (χ0v) is 8.02. The molecule has 5 nitrogen and oxygen atoms in total. The molecular weight excluding hydrogens is 212 g/mol. The van der Waals surface area contributed by atoms with Gasteiger partial charge in [0, 0.05) is 6.42 Å². The lowest BCUT2D eigenvalue weighted by Crippen LogP contribution is -2.31. The molecule has 0 bridgehead atoms. The van der Waals surface area contributed by atoms with Gasteiger partial charge in [-0.2, -0.15) is 0 Å². The number of aliphatic hydroxyl groups is 1. The summed E-state index contributed by atoms with van der Waals surface area (Å²) in [5.74, 6) is -3.90. The van der Waals surface area contributed by atoms with Crippen molar-refractivity contribution in [1.29, 1.82) is 0 Å². The van der Waals surface area contributed by atoms with Crippen molar-refractivity contribution in [2.45, 2.75) is 24.3 Å². The summed E-state index contributed by atoms with van der Waals surface area (Å²) in [7, 11) is 0. The van der Waals surface area contributed by atoms with Crippen molar-refractivity contribution in [3.8, 4) is 0 Å². The molecule has 1 fully saturated rings. The Hall–Kier alpha value is -0.810. The van der Waals surface area contributed by atoms with Crippen LogP contribution in [0.5, 0.6) is 0 Å². The normalized spacial score (nSPS) is 37.0. The highest BCUT2D eigenvalue weighted by molar-refractivity contribution is 6.21. The zero-order chi connectivity index (χ0) is 10.9. The lowest BCUT2D eigenvalue weighted by atomic mass is 9.92. The quantitative estimate of drug-likeness (QED) is 0.591. The van der Waals surface area contributed by atoms with Crippen LogP contribution in [0, 0.1) is 11.8 Å². The lowest BCUT2D eigenvalue weighted by molar-refractivity contribution is -0.147. The summed E-state index contributed by atoms with van der Waals surface area (Å²) in [6.45, 7) is 0. The summed E-state index contributed by atoms with van der Waals surface area (Å²) in [4.78, 5) is 21.2. The van der Waals surface area contributed by atoms with Crippen LogP contribution in [0.1, 0.15) is 12.8 Å². The zero-order valence-electron chi connectivity index (χ0n) is 7.26. The van der Waals surface area contributed by atoms with E-state index in [-0.39, 0.29) is 12.8 Å². The van der Waals surface area contributed by atoms with Crippen LogP contribution in [0.2, 0.25) is 0 Å². The molecule has 1 aliphatic rings. The van der Waals surface area contributed by atoms with E-state index in [1.807, 2.05) is 0 Å². The van der Waals surface area contributed by atoms with Crippen LogP contribution in [0.4, 0.5) is 0 Å². The van der Waals surface area contributed by atoms with E-state index in [0.29, 0.717) is 0 Å². The average molecular weight is 223 g/mol. The number of alkyl halides is 1. The third-order valence-electron chi connectivity index (χ3n) is 2.50. The van der Waals surface area contributed by atoms with Gasteiger partial charge in [-0.3, -0.25) is 9.59 Å². The highest BCUT2D eigenvalue weighted by Crippen LogP contribution is 2.37. The van der Waals surface area contributed by atoms with E-state index in [4.69, 9.17) is 21.8 Å². The molecule has 1 aliphatic carbocycles. The smallest absolute Gasteiger partial charge is 0.309 e. The fraction of sp³-hybridized carbons (Fsp3) is 0.750. The van der Waals surface area contributed by atoms with Crippen LogP contribution in [0.15, 0.2) is 0 Å². The number of aliphatic carboxylic acids is 2. The Kier molecular flexibility index (Phi) is 3.34. The van der Waals surface area contributed by atoms with E-state index in [0.717, 1.165) is 0 Å². The van der Waals surface area contributed by atoms with Crippen molar-refractivity contribution in [3.05, 3.63) is 0 Å². The largest absolute Gasteiger partial charge is 0.481 e. The summed E-state index contributed by atoms with van der Waals surface area (Å²) < 4.78 is 0. The van der Waals surface area contributed by atoms with Crippen molar-refractivity contribution in [2.75, 3.05) is 0 Å². The Morgan fingerprint density at radius 1 is 1.36 bits per heavy atom. The molecule has 4 atom stereocenters. The molecule has 0 saturated heterocycles. The van der Waals surface area contributed by atoms with Crippen LogP contribution in [0.3, 0.4) is 0 Å². The van der Waals surface area contributed by atoms with Crippen molar-refractivity contribution >= 4 is 23.5 Å². The monoisotopic (exact) mass is 222 g/mol. The fourth-order valence-electron chi connectivity index (χ4n) is 1.86. The third kappa shape index (κ3) is 2.16. The highest BCUT2D eigenvalue weighted by Gasteiger charge is 2.46. The SMILES string of the molecule is O=C(O)C[C@H]1C[C@H](Cl)[C@@H](O)[C@@H]1C(=O)O. The molecule has 0 heterocycles. The minimum Gasteiger partial charge on any atom is -0.481 e. The molecule has 0 aromatic carbocycles. The second kappa shape index (κ2) is 4.14. The van der Waals surface area contributed by atoms with Crippen LogP contribution >= 0.6 is 11.6 Å². The first-order valence-corrected chi connectivity index (χ1v) is 4.64. The molecule has 0 aliphatic heterocycles. The van der Waals surface area contributed by atoms with Crippen molar-refractivity contribution in [2.24, 2.45) is 11.8 Å². The standard InChI is InChI=1S/C8H11ClO5/c9-4-1-3(2-5(10)11)6(7(4)12)8(13)14/h3-4,6-7,12H,1-2H2,(H,10,11)(H,13,14)/t3-,4+,6-,7-/m1/s1. The maximum Gasteiger partial charge on any atom is 0.309 e. The summed E-state index contributed by atoms with van der Waals surface area (Å²) in [6, 6.07) is 0. The van der Waals surface area contributed by atoms with Gasteiger partial charge in [0.05, 0.1) is 17.4 Å². The summed E-state index contributed by atoms with van der Waals surface area (Å²) in [5.41, 5.74) is 0. The molecule has 1 saturated carbocycles. The predicted molar refractivity (Wildman–Crippen MR) is 47.1 cm³/mol. The van der Waals surface area contributed by atoms with E-state index in [2.05, 4.69) is 0 Å². The molecule has 0 aromatic heterocycles. The Labute approximate surface area is 85.3 Å². The van der Waals surface area contributed by atoms with E-state index >= 15 is 0 Å². The number of hydrogen-bond donors (Lipinski definition) is 3. The number of carboxylic acids is 2. The second-order valence-electron chi connectivity index (χ2n) is 3.46. The maximum atomic E-state index is 10.7. The molecule has 80 valence electrons. The van der Waals surface area contributed by atoms with Gasteiger partial charge < -0.3 is 15.3 Å². The van der Waals surface area contributed by atoms with Gasteiger partial charge in [0.15, 0.2) is 0 Å². The molecule has 1 rings (SSSR count). The molecule has 14 heavy (non-hydrogen) atoms. The van der Waals surface area contributed by atoms with Gasteiger partial charge in [-0.25, -0.2) is 0 Å². The molecule has 0 unspecified atom stereocenters. The van der Waals surface area contributed by atoms with Crippen LogP contribution < -0.4 is 0 Å². The first kappa shape index (κ1) is 11.3. The second-order valence-corrected chi connectivity index (χ2v) is 4.02. The minimum absolute atomic E-state index is 0.228. The van der Waals surface area contributed by atoms with Gasteiger partial charge in [0.25, 0.3) is 0 Å². The minimum atomic E-state index is -1.19. The van der Waals surface area contributed by atoms with E-state index in [9.17, 15) is 14.7 Å². The molecule has 0 radical (unpaired) electrons. The van der Waals surface area contributed by atoms with E-state index < -0.39 is 35.3 Å². The first-order chi connectivity index (χ1) is 6.43. The first-order valence-electron chi connectivity index (χ1n) is 4.20. The summed E-state index contributed by atoms with van der Waals surface area (Å²) in [5, 5.41) is 26.0. The number of hydrogen-bond acceptors (Lipinski definition) is 3. The molecule has 6 heteroatoms. The Morgan fingerprint density at radius 2 is 1.93 bits per heavy atom. The number of carboxylic acid groups (broad SMARTS) is 2. The molecule has 3 N–H and O–H groups in total. The van der Waals surface area contributed by atoms with Crippen LogP contribution in [-0.2, 0) is 9.59 Å². The van der Waals surface area contributed by atoms with Crippen LogP contribution in [0.25, 0.3) is 0 Å². The lowest BCUT2D eigenvalue weighted by Gasteiger charge is -2.15. The van der Waals surface area contributed by atoms with Crippen LogP contribution in [-0.4, -0.2) is 38.7 Å². The van der Waals surface area contributed by atoms with E-state index in [1.165, 1.54) is 0 Å². The van der Waals surface area contributed by atoms with Crippen molar-refractivity contribution < 1.29 is 24.9 Å². The molecular formula is C8H11ClO5. The number of carbonyl (C=O) groups is 2. The molecule has 0 spiro atoms. The number of aliphatic hydroxyl groups excluding tert-OH is 1. The van der Waals surface area contributed by atoms with Gasteiger partial charge in [0.1, 0.15) is 0 Å². The van der Waals surface area contributed by atoms with Gasteiger partial charge in [-0.05, 0) is 12.3 Å². The highest BCUT2D eigenvalue weighted by atomic mass is 35.5. The summed E-state index contributed by atoms with van der Waals surface area (Å²) >= 11 is 5.67. The summed E-state index contributed by atoms with van der Waals surface area (Å²) in [6.07, 6.45) is -1.19. The Bertz CT molecular complexity index is 254. The third-order valence-corrected chi connectivity index (χ3v) is 2.93.